The predicted octanol–water partition coefficient (Wildman–Crippen LogP) is 2.22. The third-order valence-electron chi connectivity index (χ3n) is 2.46. The summed E-state index contributed by atoms with van der Waals surface area (Å²) in [5.41, 5.74) is 3.80. The number of benzene rings is 2. The van der Waals surface area contributed by atoms with Gasteiger partial charge in [-0.3, -0.25) is 8.74 Å². The number of aromatic nitrogens is 2. The van der Waals surface area contributed by atoms with Crippen molar-refractivity contribution >= 4 is 32.5 Å². The van der Waals surface area contributed by atoms with Gasteiger partial charge in [0.15, 0.2) is 0 Å². The Morgan fingerprint density at radius 2 is 1.10 bits per heavy atom. The van der Waals surface area contributed by atoms with E-state index in [0.29, 0.717) is 0 Å². The Kier molecular flexibility index (Phi) is 4.23. The highest BCUT2D eigenvalue weighted by molar-refractivity contribution is 7.80. The minimum absolute atomic E-state index is 0.870. The van der Waals surface area contributed by atoms with Crippen molar-refractivity contribution in [1.82, 2.24) is 9.97 Å². The molecule has 7 heteroatoms. The molecule has 0 aliphatic carbocycles. The Balaban J connectivity index is 0.000000212. The molecule has 20 heavy (non-hydrogen) atoms. The fraction of sp³-hybridized carbons (Fsp3) is 0.0769. The van der Waals surface area contributed by atoms with Crippen LogP contribution in [-0.4, -0.2) is 30.0 Å². The molecule has 3 rings (SSSR count). The molecule has 1 N–H and O–H groups in total. The average molecular weight is 292 g/mol. The summed E-state index contributed by atoms with van der Waals surface area (Å²) in [4.78, 5) is 9.03. The molecule has 6 nitrogen and oxygen atoms in total. The Labute approximate surface area is 116 Å². The fourth-order valence-corrected chi connectivity index (χ4v) is 1.57. The maximum absolute atomic E-state index is 9.33. The molecule has 104 valence electrons. The molecular weight excluding hydrogens is 280 g/mol. The standard InChI is InChI=1S/C12H8N2.CH4O4S/c1-2-6-10-9(5-1)13-11-7-3-4-8-12(11)14-10;1-5-6(2,3)4/h1-8H;1H3,(H,2,3,4). The number of fused-ring (bicyclic) bond motifs is 2. The van der Waals surface area contributed by atoms with Gasteiger partial charge in [0, 0.05) is 0 Å². The highest BCUT2D eigenvalue weighted by Crippen LogP contribution is 2.14. The summed E-state index contributed by atoms with van der Waals surface area (Å²) in [6, 6.07) is 15.8. The minimum Gasteiger partial charge on any atom is -0.264 e. The quantitative estimate of drug-likeness (QED) is 0.546. The lowest BCUT2D eigenvalue weighted by atomic mass is 10.2. The molecule has 0 spiro atoms. The number of rotatable bonds is 1. The highest BCUT2D eigenvalue weighted by Gasteiger charge is 1.98. The van der Waals surface area contributed by atoms with E-state index in [0.717, 1.165) is 29.2 Å². The van der Waals surface area contributed by atoms with Crippen LogP contribution in [0.5, 0.6) is 0 Å². The van der Waals surface area contributed by atoms with Gasteiger partial charge in [-0.25, -0.2) is 9.97 Å². The normalized spacial score (nSPS) is 11.1. The maximum atomic E-state index is 9.33. The molecule has 0 unspecified atom stereocenters. The van der Waals surface area contributed by atoms with Crippen molar-refractivity contribution in [2.24, 2.45) is 0 Å². The topological polar surface area (TPSA) is 89.4 Å². The van der Waals surface area contributed by atoms with E-state index < -0.39 is 10.4 Å². The van der Waals surface area contributed by atoms with Crippen molar-refractivity contribution in [3.05, 3.63) is 48.5 Å². The zero-order valence-electron chi connectivity index (χ0n) is 10.6. The second-order valence-electron chi connectivity index (χ2n) is 3.80. The van der Waals surface area contributed by atoms with Crippen molar-refractivity contribution in [2.45, 2.75) is 0 Å². The molecule has 0 aliphatic heterocycles. The van der Waals surface area contributed by atoms with Crippen LogP contribution in [0.15, 0.2) is 48.5 Å². The summed E-state index contributed by atoms with van der Waals surface area (Å²) in [6.07, 6.45) is 0. The third-order valence-corrected chi connectivity index (χ3v) is 2.88. The molecule has 0 radical (unpaired) electrons. The first kappa shape index (κ1) is 14.3. The van der Waals surface area contributed by atoms with E-state index in [4.69, 9.17) is 4.55 Å². The van der Waals surface area contributed by atoms with E-state index in [9.17, 15) is 8.42 Å². The average Bonchev–Trinajstić information content (AvgIpc) is 2.45. The maximum Gasteiger partial charge on any atom is 0.397 e. The predicted molar refractivity (Wildman–Crippen MR) is 75.6 cm³/mol. The summed E-state index contributed by atoms with van der Waals surface area (Å²) in [6.45, 7) is 0. The van der Waals surface area contributed by atoms with E-state index in [1.807, 2.05) is 48.5 Å². The van der Waals surface area contributed by atoms with E-state index >= 15 is 0 Å². The summed E-state index contributed by atoms with van der Waals surface area (Å²) in [5.74, 6) is 0. The molecule has 0 amide bonds. The van der Waals surface area contributed by atoms with Crippen molar-refractivity contribution in [3.8, 4) is 0 Å². The van der Waals surface area contributed by atoms with Gasteiger partial charge in [0.2, 0.25) is 0 Å². The second kappa shape index (κ2) is 5.91. The lowest BCUT2D eigenvalue weighted by Crippen LogP contribution is -1.96. The summed E-state index contributed by atoms with van der Waals surface area (Å²) >= 11 is 0. The molecule has 0 atom stereocenters. The van der Waals surface area contributed by atoms with Crippen LogP contribution in [0.4, 0.5) is 0 Å². The van der Waals surface area contributed by atoms with Crippen LogP contribution in [0.3, 0.4) is 0 Å². The van der Waals surface area contributed by atoms with Crippen LogP contribution in [0.1, 0.15) is 0 Å². The van der Waals surface area contributed by atoms with Crippen molar-refractivity contribution in [1.29, 1.82) is 0 Å². The van der Waals surface area contributed by atoms with Crippen molar-refractivity contribution in [3.63, 3.8) is 0 Å². The van der Waals surface area contributed by atoms with Crippen LogP contribution in [0.2, 0.25) is 0 Å². The lowest BCUT2D eigenvalue weighted by molar-refractivity contribution is 0.324. The molecule has 0 fully saturated rings. The lowest BCUT2D eigenvalue weighted by Gasteiger charge is -1.98. The molecule has 2 aromatic carbocycles. The zero-order valence-corrected chi connectivity index (χ0v) is 11.4. The third kappa shape index (κ3) is 3.70. The van der Waals surface area contributed by atoms with E-state index in [-0.39, 0.29) is 0 Å². The van der Waals surface area contributed by atoms with Crippen LogP contribution in [0, 0.1) is 0 Å². The Morgan fingerprint density at radius 1 is 0.850 bits per heavy atom. The molecule has 0 saturated carbocycles. The number of hydrogen-bond acceptors (Lipinski definition) is 5. The summed E-state index contributed by atoms with van der Waals surface area (Å²) in [7, 11) is -3.29. The molecule has 1 heterocycles. The number of hydrogen-bond donors (Lipinski definition) is 1. The van der Waals surface area contributed by atoms with E-state index in [1.54, 1.807) is 0 Å². The number of para-hydroxylation sites is 4. The first-order chi connectivity index (χ1) is 9.49. The first-order valence-corrected chi connectivity index (χ1v) is 7.01. The van der Waals surface area contributed by atoms with Gasteiger partial charge >= 0.3 is 10.4 Å². The van der Waals surface area contributed by atoms with Crippen LogP contribution >= 0.6 is 0 Å². The fourth-order valence-electron chi connectivity index (χ4n) is 1.57. The SMILES string of the molecule is COS(=O)(=O)O.c1ccc2nc3ccccc3nc2c1. The highest BCUT2D eigenvalue weighted by atomic mass is 32.3. The van der Waals surface area contributed by atoms with Gasteiger partial charge in [-0.15, -0.1) is 0 Å². The van der Waals surface area contributed by atoms with E-state index in [1.165, 1.54) is 0 Å². The number of nitrogens with zero attached hydrogens (tertiary/aromatic N) is 2. The monoisotopic (exact) mass is 292 g/mol. The van der Waals surface area contributed by atoms with E-state index in [2.05, 4.69) is 14.2 Å². The van der Waals surface area contributed by atoms with Gasteiger partial charge in [0.1, 0.15) is 0 Å². The Bertz CT molecular complexity index is 729. The largest absolute Gasteiger partial charge is 0.397 e. The van der Waals surface area contributed by atoms with Crippen molar-refractivity contribution < 1.29 is 17.2 Å². The molecule has 0 bridgehead atoms. The van der Waals surface area contributed by atoms with Gasteiger partial charge in [-0.2, -0.15) is 8.42 Å². The summed E-state index contributed by atoms with van der Waals surface area (Å²) < 4.78 is 29.7. The van der Waals surface area contributed by atoms with Gasteiger partial charge in [0.05, 0.1) is 29.2 Å². The molecule has 0 aliphatic rings. The molecular formula is C13H12N2O4S. The Hall–Kier alpha value is -2.09. The van der Waals surface area contributed by atoms with Crippen LogP contribution in [0.25, 0.3) is 22.1 Å². The molecule has 3 aromatic rings. The van der Waals surface area contributed by atoms with Gasteiger partial charge in [-0.05, 0) is 24.3 Å². The molecule has 1 aromatic heterocycles. The summed E-state index contributed by atoms with van der Waals surface area (Å²) in [5, 5.41) is 0. The van der Waals surface area contributed by atoms with Crippen LogP contribution in [-0.2, 0) is 14.6 Å². The van der Waals surface area contributed by atoms with Crippen molar-refractivity contribution in [2.75, 3.05) is 7.11 Å². The van der Waals surface area contributed by atoms with Gasteiger partial charge < -0.3 is 0 Å². The Morgan fingerprint density at radius 3 is 1.30 bits per heavy atom. The zero-order chi connectivity index (χ0) is 14.6. The van der Waals surface area contributed by atoms with Crippen LogP contribution < -0.4 is 0 Å². The minimum atomic E-state index is -4.16. The molecule has 0 saturated heterocycles. The van der Waals surface area contributed by atoms with Gasteiger partial charge in [-0.1, -0.05) is 24.3 Å². The smallest absolute Gasteiger partial charge is 0.264 e. The second-order valence-corrected chi connectivity index (χ2v) is 4.98. The first-order valence-electron chi connectivity index (χ1n) is 5.64. The van der Waals surface area contributed by atoms with Gasteiger partial charge in [0.25, 0.3) is 0 Å².